The topological polar surface area (TPSA) is 76.6 Å². The largest absolute Gasteiger partial charge is 0.497 e. The highest BCUT2D eigenvalue weighted by molar-refractivity contribution is 5.91. The molecule has 27 heavy (non-hydrogen) atoms. The van der Waals surface area contributed by atoms with Crippen LogP contribution in [0.1, 0.15) is 5.82 Å². The summed E-state index contributed by atoms with van der Waals surface area (Å²) in [5.41, 5.74) is 1.82. The van der Waals surface area contributed by atoms with Gasteiger partial charge in [-0.2, -0.15) is 0 Å². The number of anilines is 2. The van der Waals surface area contributed by atoms with Crippen LogP contribution < -0.4 is 15.0 Å². The van der Waals surface area contributed by atoms with Gasteiger partial charge in [0.05, 0.1) is 32.8 Å². The van der Waals surface area contributed by atoms with Crippen molar-refractivity contribution in [2.45, 2.75) is 6.54 Å². The Kier molecular flexibility index (Phi) is 5.83. The number of rotatable bonds is 7. The molecule has 140 valence electrons. The molecule has 7 heteroatoms. The number of nitrogens with one attached hydrogen (secondary N) is 1. The van der Waals surface area contributed by atoms with Crippen molar-refractivity contribution in [3.05, 3.63) is 54.4 Å². The zero-order valence-electron chi connectivity index (χ0n) is 15.6. The summed E-state index contributed by atoms with van der Waals surface area (Å²) in [6.07, 6.45) is 0. The van der Waals surface area contributed by atoms with Gasteiger partial charge in [0.15, 0.2) is 0 Å². The molecule has 2 aromatic carbocycles. The van der Waals surface area contributed by atoms with E-state index in [9.17, 15) is 4.79 Å². The van der Waals surface area contributed by atoms with E-state index in [4.69, 9.17) is 9.72 Å². The number of para-hydroxylation sites is 1. The normalized spacial score (nSPS) is 10.6. The number of methoxy groups -OCH3 is 2. The first-order valence-electron chi connectivity index (χ1n) is 8.53. The van der Waals surface area contributed by atoms with Gasteiger partial charge >= 0.3 is 5.97 Å². The first kappa shape index (κ1) is 18.6. The molecule has 0 aliphatic heterocycles. The number of fused-ring (bicyclic) bond motifs is 1. The van der Waals surface area contributed by atoms with E-state index in [2.05, 4.69) is 15.0 Å². The number of carbonyl (C=O) groups excluding carboxylic acids is 1. The van der Waals surface area contributed by atoms with Gasteiger partial charge in [-0.1, -0.05) is 12.1 Å². The smallest absolute Gasteiger partial charge is 0.319 e. The van der Waals surface area contributed by atoms with Crippen LogP contribution in [0.15, 0.2) is 48.5 Å². The number of benzene rings is 2. The monoisotopic (exact) mass is 366 g/mol. The Morgan fingerprint density at radius 3 is 2.52 bits per heavy atom. The summed E-state index contributed by atoms with van der Waals surface area (Å²) in [6.45, 7) is 0.472. The molecule has 0 spiro atoms. The van der Waals surface area contributed by atoms with Crippen LogP contribution in [0.25, 0.3) is 10.9 Å². The Labute approximate surface area is 157 Å². The average molecular weight is 366 g/mol. The van der Waals surface area contributed by atoms with Crippen molar-refractivity contribution in [2.75, 3.05) is 32.7 Å². The minimum Gasteiger partial charge on any atom is -0.497 e. The molecule has 0 radical (unpaired) electrons. The molecule has 0 bridgehead atoms. The first-order valence-corrected chi connectivity index (χ1v) is 8.53. The molecule has 3 rings (SSSR count). The van der Waals surface area contributed by atoms with Crippen molar-refractivity contribution < 1.29 is 14.3 Å². The van der Waals surface area contributed by atoms with Gasteiger partial charge in [0.2, 0.25) is 0 Å². The van der Waals surface area contributed by atoms with Crippen LogP contribution in [0.3, 0.4) is 0 Å². The molecule has 1 aromatic heterocycles. The lowest BCUT2D eigenvalue weighted by atomic mass is 10.2. The summed E-state index contributed by atoms with van der Waals surface area (Å²) < 4.78 is 9.86. The standard InChI is InChI=1S/C20H22N4O3/c1-24(14-8-10-15(26-2)11-9-14)20-16-6-4-5-7-17(16)22-18(23-20)12-21-13-19(25)27-3/h4-11,21H,12-13H2,1-3H3. The Bertz CT molecular complexity index is 928. The molecule has 0 saturated heterocycles. The third-order valence-corrected chi connectivity index (χ3v) is 4.19. The van der Waals surface area contributed by atoms with Crippen LogP contribution in [-0.4, -0.2) is 43.7 Å². The van der Waals surface area contributed by atoms with Crippen molar-refractivity contribution in [2.24, 2.45) is 0 Å². The molecular formula is C20H22N4O3. The quantitative estimate of drug-likeness (QED) is 0.644. The Morgan fingerprint density at radius 2 is 1.81 bits per heavy atom. The van der Waals surface area contributed by atoms with Crippen LogP contribution in [-0.2, 0) is 16.1 Å². The predicted molar refractivity (Wildman–Crippen MR) is 104 cm³/mol. The second kappa shape index (κ2) is 8.46. The van der Waals surface area contributed by atoms with Crippen molar-refractivity contribution in [1.82, 2.24) is 15.3 Å². The van der Waals surface area contributed by atoms with Crippen molar-refractivity contribution >= 4 is 28.4 Å². The van der Waals surface area contributed by atoms with Gasteiger partial charge in [-0.05, 0) is 36.4 Å². The second-order valence-electron chi connectivity index (χ2n) is 5.92. The van der Waals surface area contributed by atoms with E-state index in [0.29, 0.717) is 12.4 Å². The van der Waals surface area contributed by atoms with E-state index in [1.807, 2.05) is 60.5 Å². The van der Waals surface area contributed by atoms with Gasteiger partial charge in [0.1, 0.15) is 17.4 Å². The van der Waals surface area contributed by atoms with E-state index in [0.717, 1.165) is 28.2 Å². The van der Waals surface area contributed by atoms with Crippen molar-refractivity contribution in [3.63, 3.8) is 0 Å². The number of aromatic nitrogens is 2. The maximum absolute atomic E-state index is 11.3. The molecular weight excluding hydrogens is 344 g/mol. The lowest BCUT2D eigenvalue weighted by Crippen LogP contribution is -2.25. The Hall–Kier alpha value is -3.19. The van der Waals surface area contributed by atoms with Gasteiger partial charge in [-0.25, -0.2) is 9.97 Å². The SMILES string of the molecule is COC(=O)CNCc1nc(N(C)c2ccc(OC)cc2)c2ccccc2n1. The van der Waals surface area contributed by atoms with Crippen LogP contribution >= 0.6 is 0 Å². The average Bonchev–Trinajstić information content (AvgIpc) is 2.72. The van der Waals surface area contributed by atoms with Gasteiger partial charge in [0.25, 0.3) is 0 Å². The lowest BCUT2D eigenvalue weighted by molar-refractivity contribution is -0.139. The zero-order chi connectivity index (χ0) is 19.2. The Balaban J connectivity index is 1.93. The molecule has 1 N–H and O–H groups in total. The van der Waals surface area contributed by atoms with Crippen molar-refractivity contribution in [3.8, 4) is 5.75 Å². The number of nitrogens with zero attached hydrogens (tertiary/aromatic N) is 3. The van der Waals surface area contributed by atoms with Crippen LogP contribution in [0.4, 0.5) is 11.5 Å². The third kappa shape index (κ3) is 4.32. The molecule has 0 amide bonds. The fourth-order valence-corrected chi connectivity index (χ4v) is 2.72. The molecule has 1 heterocycles. The summed E-state index contributed by atoms with van der Waals surface area (Å²) in [4.78, 5) is 22.6. The number of hydrogen-bond donors (Lipinski definition) is 1. The first-order chi connectivity index (χ1) is 13.1. The third-order valence-electron chi connectivity index (χ3n) is 4.19. The van der Waals surface area contributed by atoms with E-state index >= 15 is 0 Å². The minimum atomic E-state index is -0.327. The molecule has 0 atom stereocenters. The van der Waals surface area contributed by atoms with Crippen LogP contribution in [0, 0.1) is 0 Å². The van der Waals surface area contributed by atoms with Crippen molar-refractivity contribution in [1.29, 1.82) is 0 Å². The molecule has 3 aromatic rings. The zero-order valence-corrected chi connectivity index (χ0v) is 15.6. The lowest BCUT2D eigenvalue weighted by Gasteiger charge is -2.21. The summed E-state index contributed by atoms with van der Waals surface area (Å²) in [7, 11) is 4.96. The molecule has 0 saturated carbocycles. The maximum Gasteiger partial charge on any atom is 0.319 e. The Morgan fingerprint density at radius 1 is 1.07 bits per heavy atom. The maximum atomic E-state index is 11.3. The second-order valence-corrected chi connectivity index (χ2v) is 5.92. The summed E-state index contributed by atoms with van der Waals surface area (Å²) in [5, 5.41) is 3.95. The highest BCUT2D eigenvalue weighted by Gasteiger charge is 2.13. The molecule has 0 unspecified atom stereocenters. The molecule has 0 aliphatic rings. The van der Waals surface area contributed by atoms with Gasteiger partial charge in [-0.3, -0.25) is 10.1 Å². The number of carbonyl (C=O) groups is 1. The fourth-order valence-electron chi connectivity index (χ4n) is 2.72. The van der Waals surface area contributed by atoms with Crippen LogP contribution in [0.2, 0.25) is 0 Å². The number of esters is 1. The number of hydrogen-bond acceptors (Lipinski definition) is 7. The van der Waals surface area contributed by atoms with Crippen LogP contribution in [0.5, 0.6) is 5.75 Å². The molecule has 0 fully saturated rings. The molecule has 7 nitrogen and oxygen atoms in total. The highest BCUT2D eigenvalue weighted by atomic mass is 16.5. The van der Waals surface area contributed by atoms with E-state index < -0.39 is 0 Å². The van der Waals surface area contributed by atoms with E-state index in [1.165, 1.54) is 7.11 Å². The highest BCUT2D eigenvalue weighted by Crippen LogP contribution is 2.29. The molecule has 0 aliphatic carbocycles. The predicted octanol–water partition coefficient (Wildman–Crippen LogP) is 2.67. The van der Waals surface area contributed by atoms with Gasteiger partial charge in [-0.15, -0.1) is 0 Å². The summed E-state index contributed by atoms with van der Waals surface area (Å²) in [5.74, 6) is 1.87. The minimum absolute atomic E-state index is 0.107. The van der Waals surface area contributed by atoms with Gasteiger partial charge in [0, 0.05) is 18.1 Å². The van der Waals surface area contributed by atoms with E-state index in [-0.39, 0.29) is 12.5 Å². The summed E-state index contributed by atoms with van der Waals surface area (Å²) in [6, 6.07) is 15.6. The summed E-state index contributed by atoms with van der Waals surface area (Å²) >= 11 is 0. The van der Waals surface area contributed by atoms with Gasteiger partial charge < -0.3 is 14.4 Å². The van der Waals surface area contributed by atoms with E-state index in [1.54, 1.807) is 7.11 Å². The fraction of sp³-hybridized carbons (Fsp3) is 0.250. The number of ether oxygens (including phenoxy) is 2.